The molecule has 1 heterocycles. The van der Waals surface area contributed by atoms with Crippen LogP contribution >= 0.6 is 12.4 Å². The largest absolute Gasteiger partial charge is 0.330 e. The molecule has 6 heteroatoms. The van der Waals surface area contributed by atoms with Crippen molar-refractivity contribution in [2.75, 3.05) is 31.5 Å². The van der Waals surface area contributed by atoms with E-state index in [-0.39, 0.29) is 24.1 Å². The Morgan fingerprint density at radius 2 is 2.30 bits per heavy atom. The highest BCUT2D eigenvalue weighted by Gasteiger charge is 2.20. The molecule has 1 aromatic rings. The van der Waals surface area contributed by atoms with E-state index in [0.29, 0.717) is 24.7 Å². The van der Waals surface area contributed by atoms with Crippen LogP contribution in [0.4, 0.5) is 10.1 Å². The summed E-state index contributed by atoms with van der Waals surface area (Å²) in [4.78, 5) is 14.0. The monoisotopic (exact) mass is 301 g/mol. The zero-order chi connectivity index (χ0) is 13.7. The maximum absolute atomic E-state index is 13.0. The van der Waals surface area contributed by atoms with Gasteiger partial charge in [-0.3, -0.25) is 9.69 Å². The lowest BCUT2D eigenvalue weighted by Gasteiger charge is -2.31. The Kier molecular flexibility index (Phi) is 6.91. The van der Waals surface area contributed by atoms with Gasteiger partial charge in [0.15, 0.2) is 0 Å². The van der Waals surface area contributed by atoms with Crippen molar-refractivity contribution in [1.82, 2.24) is 4.90 Å². The number of nitrogens with two attached hydrogens (primary N) is 1. The van der Waals surface area contributed by atoms with Crippen molar-refractivity contribution >= 4 is 24.0 Å². The summed E-state index contributed by atoms with van der Waals surface area (Å²) in [6.07, 6.45) is 2.22. The van der Waals surface area contributed by atoms with E-state index >= 15 is 0 Å². The number of carbonyl (C=O) groups is 1. The van der Waals surface area contributed by atoms with Gasteiger partial charge in [0.2, 0.25) is 5.91 Å². The van der Waals surface area contributed by atoms with Crippen LogP contribution in [0.3, 0.4) is 0 Å². The molecular weight excluding hydrogens is 281 g/mol. The van der Waals surface area contributed by atoms with E-state index in [1.807, 2.05) is 0 Å². The number of carbonyl (C=O) groups excluding carboxylic acids is 1. The molecule has 0 aliphatic carbocycles. The molecule has 1 aliphatic rings. The number of amides is 1. The molecule has 1 fully saturated rings. The Morgan fingerprint density at radius 1 is 1.50 bits per heavy atom. The Balaban J connectivity index is 0.00000200. The van der Waals surface area contributed by atoms with Crippen molar-refractivity contribution in [1.29, 1.82) is 0 Å². The van der Waals surface area contributed by atoms with Crippen molar-refractivity contribution in [2.24, 2.45) is 11.7 Å². The zero-order valence-corrected chi connectivity index (χ0v) is 12.2. The molecule has 1 saturated heterocycles. The lowest BCUT2D eigenvalue weighted by molar-refractivity contribution is -0.117. The third kappa shape index (κ3) is 5.07. The van der Waals surface area contributed by atoms with Gasteiger partial charge in [0, 0.05) is 12.2 Å². The molecular formula is C14H21ClFN3O. The molecule has 1 amide bonds. The maximum Gasteiger partial charge on any atom is 0.238 e. The van der Waals surface area contributed by atoms with Crippen molar-refractivity contribution in [3.05, 3.63) is 30.1 Å². The molecule has 3 N–H and O–H groups in total. The number of rotatable bonds is 4. The Bertz CT molecular complexity index is 444. The van der Waals surface area contributed by atoms with Crippen LogP contribution in [0.15, 0.2) is 24.3 Å². The molecule has 1 atom stereocenters. The van der Waals surface area contributed by atoms with Gasteiger partial charge in [0.05, 0.1) is 6.54 Å². The summed E-state index contributed by atoms with van der Waals surface area (Å²) >= 11 is 0. The fourth-order valence-corrected chi connectivity index (χ4v) is 2.46. The second-order valence-electron chi connectivity index (χ2n) is 5.04. The molecule has 1 aromatic carbocycles. The SMILES string of the molecule is Cl.NCC1CCCN(CC(=O)Nc2cccc(F)c2)C1. The van der Waals surface area contributed by atoms with E-state index in [9.17, 15) is 9.18 Å². The van der Waals surface area contributed by atoms with E-state index in [1.165, 1.54) is 12.1 Å². The van der Waals surface area contributed by atoms with Gasteiger partial charge in [-0.1, -0.05) is 6.07 Å². The van der Waals surface area contributed by atoms with Gasteiger partial charge in [-0.25, -0.2) is 4.39 Å². The van der Waals surface area contributed by atoms with Crippen LogP contribution in [0.5, 0.6) is 0 Å². The van der Waals surface area contributed by atoms with E-state index in [0.717, 1.165) is 25.9 Å². The molecule has 0 spiro atoms. The quantitative estimate of drug-likeness (QED) is 0.892. The average Bonchev–Trinajstić information content (AvgIpc) is 2.38. The second-order valence-corrected chi connectivity index (χ2v) is 5.04. The maximum atomic E-state index is 13.0. The Labute approximate surface area is 124 Å². The summed E-state index contributed by atoms with van der Waals surface area (Å²) in [6.45, 7) is 2.80. The molecule has 0 aromatic heterocycles. The van der Waals surface area contributed by atoms with Crippen molar-refractivity contribution in [2.45, 2.75) is 12.8 Å². The minimum atomic E-state index is -0.348. The highest BCUT2D eigenvalue weighted by Crippen LogP contribution is 2.15. The standard InChI is InChI=1S/C14H20FN3O.ClH/c15-12-4-1-5-13(7-12)17-14(19)10-18-6-2-3-11(8-16)9-18;/h1,4-5,7,11H,2-3,6,8-10,16H2,(H,17,19);1H. The number of hydrogen-bond acceptors (Lipinski definition) is 3. The van der Waals surface area contributed by atoms with Crippen LogP contribution in [0.25, 0.3) is 0 Å². The predicted molar refractivity (Wildman–Crippen MR) is 80.5 cm³/mol. The minimum absolute atomic E-state index is 0. The van der Waals surface area contributed by atoms with E-state index in [1.54, 1.807) is 12.1 Å². The average molecular weight is 302 g/mol. The molecule has 0 saturated carbocycles. The smallest absolute Gasteiger partial charge is 0.238 e. The third-order valence-electron chi connectivity index (χ3n) is 3.41. The van der Waals surface area contributed by atoms with Crippen molar-refractivity contribution in [3.8, 4) is 0 Å². The first-order valence-corrected chi connectivity index (χ1v) is 6.65. The van der Waals surface area contributed by atoms with Crippen LogP contribution in [0, 0.1) is 11.7 Å². The van der Waals surface area contributed by atoms with E-state index in [2.05, 4.69) is 10.2 Å². The van der Waals surface area contributed by atoms with Crippen LogP contribution < -0.4 is 11.1 Å². The van der Waals surface area contributed by atoms with Gasteiger partial charge in [-0.2, -0.15) is 0 Å². The molecule has 4 nitrogen and oxygen atoms in total. The van der Waals surface area contributed by atoms with E-state index in [4.69, 9.17) is 5.73 Å². The first kappa shape index (κ1) is 16.9. The number of hydrogen-bond donors (Lipinski definition) is 2. The summed E-state index contributed by atoms with van der Waals surface area (Å²) in [5.41, 5.74) is 6.17. The first-order valence-electron chi connectivity index (χ1n) is 6.65. The zero-order valence-electron chi connectivity index (χ0n) is 11.3. The van der Waals surface area contributed by atoms with Crippen molar-refractivity contribution < 1.29 is 9.18 Å². The normalized spacial score (nSPS) is 19.2. The number of anilines is 1. The third-order valence-corrected chi connectivity index (χ3v) is 3.41. The summed E-state index contributed by atoms with van der Waals surface area (Å²) in [6, 6.07) is 5.93. The van der Waals surface area contributed by atoms with Crippen molar-refractivity contribution in [3.63, 3.8) is 0 Å². The van der Waals surface area contributed by atoms with Crippen LogP contribution in [0.1, 0.15) is 12.8 Å². The molecule has 1 aliphatic heterocycles. The van der Waals surface area contributed by atoms with Gasteiger partial charge in [-0.05, 0) is 50.0 Å². The highest BCUT2D eigenvalue weighted by atomic mass is 35.5. The summed E-state index contributed by atoms with van der Waals surface area (Å²) in [5, 5.41) is 2.71. The van der Waals surface area contributed by atoms with Gasteiger partial charge < -0.3 is 11.1 Å². The van der Waals surface area contributed by atoms with Gasteiger partial charge >= 0.3 is 0 Å². The fraction of sp³-hybridized carbons (Fsp3) is 0.500. The van der Waals surface area contributed by atoms with Gasteiger partial charge in [-0.15, -0.1) is 12.4 Å². The number of benzene rings is 1. The molecule has 20 heavy (non-hydrogen) atoms. The Morgan fingerprint density at radius 3 is 3.00 bits per heavy atom. The number of piperidine rings is 1. The number of likely N-dealkylation sites (tertiary alicyclic amines) is 1. The molecule has 1 unspecified atom stereocenters. The van der Waals surface area contributed by atoms with Gasteiger partial charge in [0.25, 0.3) is 0 Å². The molecule has 112 valence electrons. The topological polar surface area (TPSA) is 58.4 Å². The number of nitrogens with zero attached hydrogens (tertiary/aromatic N) is 1. The first-order chi connectivity index (χ1) is 9.17. The highest BCUT2D eigenvalue weighted by molar-refractivity contribution is 5.92. The second kappa shape index (κ2) is 8.19. The summed E-state index contributed by atoms with van der Waals surface area (Å²) in [5.74, 6) is 0.0259. The molecule has 0 bridgehead atoms. The fourth-order valence-electron chi connectivity index (χ4n) is 2.46. The van der Waals surface area contributed by atoms with Crippen LogP contribution in [-0.2, 0) is 4.79 Å². The molecule has 0 radical (unpaired) electrons. The summed E-state index contributed by atoms with van der Waals surface area (Å²) < 4.78 is 13.0. The minimum Gasteiger partial charge on any atom is -0.330 e. The number of halogens is 2. The Hall–Kier alpha value is -1.17. The summed E-state index contributed by atoms with van der Waals surface area (Å²) in [7, 11) is 0. The lowest BCUT2D eigenvalue weighted by atomic mass is 9.98. The van der Waals surface area contributed by atoms with E-state index < -0.39 is 0 Å². The van der Waals surface area contributed by atoms with Crippen LogP contribution in [0.2, 0.25) is 0 Å². The lowest BCUT2D eigenvalue weighted by Crippen LogP contribution is -2.42. The molecule has 2 rings (SSSR count). The predicted octanol–water partition coefficient (Wildman–Crippen LogP) is 1.86. The van der Waals surface area contributed by atoms with Gasteiger partial charge in [0.1, 0.15) is 5.82 Å². The van der Waals surface area contributed by atoms with Crippen LogP contribution in [-0.4, -0.2) is 37.0 Å². The number of nitrogens with one attached hydrogen (secondary N) is 1.